The van der Waals surface area contributed by atoms with Crippen molar-refractivity contribution in [1.29, 1.82) is 0 Å². The zero-order chi connectivity index (χ0) is 16.2. The molecule has 0 aromatic heterocycles. The Hall–Kier alpha value is -2.61. The second kappa shape index (κ2) is 6.66. The van der Waals surface area contributed by atoms with Crippen molar-refractivity contribution in [3.63, 3.8) is 0 Å². The quantitative estimate of drug-likeness (QED) is 0.485. The predicted molar refractivity (Wildman–Crippen MR) is 93.9 cm³/mol. The van der Waals surface area contributed by atoms with E-state index in [1.807, 2.05) is 66.7 Å². The van der Waals surface area contributed by atoms with Gasteiger partial charge in [0.1, 0.15) is 5.75 Å². The van der Waals surface area contributed by atoms with Crippen molar-refractivity contribution >= 4 is 16.7 Å². The van der Waals surface area contributed by atoms with E-state index in [1.165, 1.54) is 5.56 Å². The number of hydrogen-bond donors (Lipinski definition) is 0. The van der Waals surface area contributed by atoms with Crippen LogP contribution in [0.1, 0.15) is 29.8 Å². The van der Waals surface area contributed by atoms with Gasteiger partial charge in [0.25, 0.3) is 0 Å². The molecule has 0 saturated heterocycles. The van der Waals surface area contributed by atoms with Crippen molar-refractivity contribution in [2.24, 2.45) is 5.92 Å². The SMILES string of the molecule is CC(C)Cc1ccc(C(=O)Oc2cccc3ccccc23)cc1. The van der Waals surface area contributed by atoms with E-state index in [9.17, 15) is 4.79 Å². The maximum Gasteiger partial charge on any atom is 0.343 e. The zero-order valence-electron chi connectivity index (χ0n) is 13.5. The molecule has 2 heteroatoms. The molecule has 0 aliphatic heterocycles. The predicted octanol–water partition coefficient (Wildman–Crippen LogP) is 5.26. The number of rotatable bonds is 4. The Morgan fingerprint density at radius 3 is 2.35 bits per heavy atom. The van der Waals surface area contributed by atoms with Crippen molar-refractivity contribution < 1.29 is 9.53 Å². The number of carbonyl (C=O) groups is 1. The average Bonchev–Trinajstić information content (AvgIpc) is 2.55. The van der Waals surface area contributed by atoms with Crippen LogP contribution in [0.2, 0.25) is 0 Å². The fourth-order valence-electron chi connectivity index (χ4n) is 2.69. The van der Waals surface area contributed by atoms with Gasteiger partial charge in [-0.2, -0.15) is 0 Å². The Bertz CT molecular complexity index is 811. The van der Waals surface area contributed by atoms with Gasteiger partial charge < -0.3 is 4.74 Å². The highest BCUT2D eigenvalue weighted by molar-refractivity contribution is 5.95. The lowest BCUT2D eigenvalue weighted by Gasteiger charge is -2.09. The molecular formula is C21H20O2. The van der Waals surface area contributed by atoms with Crippen LogP contribution in [0.5, 0.6) is 5.75 Å². The van der Waals surface area contributed by atoms with Gasteiger partial charge in [0.15, 0.2) is 0 Å². The largest absolute Gasteiger partial charge is 0.422 e. The van der Waals surface area contributed by atoms with E-state index in [1.54, 1.807) is 0 Å². The van der Waals surface area contributed by atoms with Crippen molar-refractivity contribution in [2.45, 2.75) is 20.3 Å². The molecule has 0 unspecified atom stereocenters. The second-order valence-electron chi connectivity index (χ2n) is 6.16. The number of esters is 1. The summed E-state index contributed by atoms with van der Waals surface area (Å²) in [6, 6.07) is 21.3. The lowest BCUT2D eigenvalue weighted by molar-refractivity contribution is 0.0737. The van der Waals surface area contributed by atoms with E-state index in [0.29, 0.717) is 17.2 Å². The normalized spacial score (nSPS) is 10.9. The van der Waals surface area contributed by atoms with Crippen LogP contribution < -0.4 is 4.74 Å². The minimum Gasteiger partial charge on any atom is -0.422 e. The molecule has 0 spiro atoms. The summed E-state index contributed by atoms with van der Waals surface area (Å²) in [4.78, 5) is 12.4. The molecule has 116 valence electrons. The van der Waals surface area contributed by atoms with Gasteiger partial charge in [-0.3, -0.25) is 0 Å². The molecule has 0 bridgehead atoms. The van der Waals surface area contributed by atoms with E-state index in [0.717, 1.165) is 17.2 Å². The van der Waals surface area contributed by atoms with Gasteiger partial charge in [0, 0.05) is 5.39 Å². The lowest BCUT2D eigenvalue weighted by Crippen LogP contribution is -2.09. The Morgan fingerprint density at radius 1 is 0.913 bits per heavy atom. The molecule has 23 heavy (non-hydrogen) atoms. The van der Waals surface area contributed by atoms with Crippen LogP contribution >= 0.6 is 0 Å². The molecule has 3 aromatic carbocycles. The third-order valence-corrected chi connectivity index (χ3v) is 3.79. The second-order valence-corrected chi connectivity index (χ2v) is 6.16. The number of fused-ring (bicyclic) bond motifs is 1. The highest BCUT2D eigenvalue weighted by atomic mass is 16.5. The van der Waals surface area contributed by atoms with Crippen molar-refractivity contribution in [3.05, 3.63) is 77.9 Å². The van der Waals surface area contributed by atoms with Crippen molar-refractivity contribution in [3.8, 4) is 5.75 Å². The summed E-state index contributed by atoms with van der Waals surface area (Å²) >= 11 is 0. The van der Waals surface area contributed by atoms with Crippen LogP contribution in [-0.2, 0) is 6.42 Å². The maximum atomic E-state index is 12.4. The summed E-state index contributed by atoms with van der Waals surface area (Å²) < 4.78 is 5.60. The number of ether oxygens (including phenoxy) is 1. The molecule has 0 heterocycles. The smallest absolute Gasteiger partial charge is 0.343 e. The summed E-state index contributed by atoms with van der Waals surface area (Å²) in [5.41, 5.74) is 1.81. The third kappa shape index (κ3) is 3.59. The van der Waals surface area contributed by atoms with Gasteiger partial charge in [-0.05, 0) is 41.5 Å². The number of carbonyl (C=O) groups excluding carboxylic acids is 1. The summed E-state index contributed by atoms with van der Waals surface area (Å²) in [6.07, 6.45) is 1.01. The highest BCUT2D eigenvalue weighted by Crippen LogP contribution is 2.26. The van der Waals surface area contributed by atoms with Crippen LogP contribution in [0.4, 0.5) is 0 Å². The van der Waals surface area contributed by atoms with E-state index >= 15 is 0 Å². The van der Waals surface area contributed by atoms with Gasteiger partial charge >= 0.3 is 5.97 Å². The third-order valence-electron chi connectivity index (χ3n) is 3.79. The van der Waals surface area contributed by atoms with E-state index in [2.05, 4.69) is 13.8 Å². The maximum absolute atomic E-state index is 12.4. The molecular weight excluding hydrogens is 284 g/mol. The molecule has 0 fully saturated rings. The first-order valence-corrected chi connectivity index (χ1v) is 7.92. The lowest BCUT2D eigenvalue weighted by atomic mass is 10.0. The van der Waals surface area contributed by atoms with Crippen LogP contribution in [-0.4, -0.2) is 5.97 Å². The summed E-state index contributed by atoms with van der Waals surface area (Å²) in [7, 11) is 0. The van der Waals surface area contributed by atoms with Gasteiger partial charge in [-0.15, -0.1) is 0 Å². The molecule has 0 atom stereocenters. The van der Waals surface area contributed by atoms with E-state index < -0.39 is 0 Å². The standard InChI is InChI=1S/C21H20O2/c1-15(2)14-16-10-12-18(13-11-16)21(22)23-20-9-5-7-17-6-3-4-8-19(17)20/h3-13,15H,14H2,1-2H3. The van der Waals surface area contributed by atoms with Crippen LogP contribution in [0.3, 0.4) is 0 Å². The van der Waals surface area contributed by atoms with Crippen molar-refractivity contribution in [2.75, 3.05) is 0 Å². The molecule has 0 N–H and O–H groups in total. The Kier molecular flexibility index (Phi) is 4.42. The average molecular weight is 304 g/mol. The first kappa shape index (κ1) is 15.3. The fraction of sp³-hybridized carbons (Fsp3) is 0.190. The van der Waals surface area contributed by atoms with Gasteiger partial charge in [-0.25, -0.2) is 4.79 Å². The van der Waals surface area contributed by atoms with Gasteiger partial charge in [0.05, 0.1) is 5.56 Å². The summed E-state index contributed by atoms with van der Waals surface area (Å²) in [5.74, 6) is 0.875. The van der Waals surface area contributed by atoms with Crippen molar-refractivity contribution in [1.82, 2.24) is 0 Å². The summed E-state index contributed by atoms with van der Waals surface area (Å²) in [6.45, 7) is 4.37. The summed E-state index contributed by atoms with van der Waals surface area (Å²) in [5, 5.41) is 2.00. The minimum absolute atomic E-state index is 0.322. The highest BCUT2D eigenvalue weighted by Gasteiger charge is 2.11. The molecule has 0 radical (unpaired) electrons. The molecule has 0 aliphatic carbocycles. The first-order valence-electron chi connectivity index (χ1n) is 7.92. The first-order chi connectivity index (χ1) is 11.1. The Labute approximate surface area is 136 Å². The van der Waals surface area contributed by atoms with E-state index in [4.69, 9.17) is 4.74 Å². The Morgan fingerprint density at radius 2 is 1.61 bits per heavy atom. The van der Waals surface area contributed by atoms with Gasteiger partial charge in [0.2, 0.25) is 0 Å². The Balaban J connectivity index is 1.81. The minimum atomic E-state index is -0.322. The number of benzene rings is 3. The number of hydrogen-bond acceptors (Lipinski definition) is 2. The zero-order valence-corrected chi connectivity index (χ0v) is 13.5. The molecule has 0 amide bonds. The molecule has 3 rings (SSSR count). The van der Waals surface area contributed by atoms with Crippen LogP contribution in [0, 0.1) is 5.92 Å². The van der Waals surface area contributed by atoms with Gasteiger partial charge in [-0.1, -0.05) is 62.4 Å². The molecule has 0 aliphatic rings. The monoisotopic (exact) mass is 304 g/mol. The molecule has 0 saturated carbocycles. The van der Waals surface area contributed by atoms with Crippen LogP contribution in [0.15, 0.2) is 66.7 Å². The molecule has 3 aromatic rings. The van der Waals surface area contributed by atoms with E-state index in [-0.39, 0.29) is 5.97 Å². The topological polar surface area (TPSA) is 26.3 Å². The fourth-order valence-corrected chi connectivity index (χ4v) is 2.69. The van der Waals surface area contributed by atoms with Crippen LogP contribution in [0.25, 0.3) is 10.8 Å². The molecule has 2 nitrogen and oxygen atoms in total.